The summed E-state index contributed by atoms with van der Waals surface area (Å²) in [5.74, 6) is 0. The molecule has 0 unspecified atom stereocenters. The Hall–Kier alpha value is -1.61. The van der Waals surface area contributed by atoms with Crippen LogP contribution >= 0.6 is 0 Å². The molecule has 3 nitrogen and oxygen atoms in total. The predicted octanol–water partition coefficient (Wildman–Crippen LogP) is 2.52. The van der Waals surface area contributed by atoms with Crippen molar-refractivity contribution >= 4 is 0 Å². The first-order valence-electron chi connectivity index (χ1n) is 5.88. The van der Waals surface area contributed by atoms with E-state index in [2.05, 4.69) is 49.5 Å². The maximum Gasteiger partial charge on any atom is 0.0704 e. The third-order valence-electron chi connectivity index (χ3n) is 2.88. The van der Waals surface area contributed by atoms with Gasteiger partial charge in [0.05, 0.1) is 11.9 Å². The van der Waals surface area contributed by atoms with Crippen molar-refractivity contribution in [1.82, 2.24) is 15.1 Å². The molecule has 0 saturated heterocycles. The Morgan fingerprint density at radius 2 is 1.82 bits per heavy atom. The molecule has 3 heteroatoms. The molecule has 1 N–H and O–H groups in total. The van der Waals surface area contributed by atoms with Crippen molar-refractivity contribution in [2.24, 2.45) is 0 Å². The van der Waals surface area contributed by atoms with E-state index in [-0.39, 0.29) is 0 Å². The highest BCUT2D eigenvalue weighted by Gasteiger charge is 2.07. The van der Waals surface area contributed by atoms with Crippen LogP contribution in [0.4, 0.5) is 0 Å². The number of nitrogens with zero attached hydrogens (tertiary/aromatic N) is 2. The fourth-order valence-corrected chi connectivity index (χ4v) is 2.31. The van der Waals surface area contributed by atoms with Crippen LogP contribution in [0.25, 0.3) is 5.69 Å². The molecule has 2 aromatic rings. The Morgan fingerprint density at radius 1 is 1.18 bits per heavy atom. The second-order valence-electron chi connectivity index (χ2n) is 4.57. The molecule has 17 heavy (non-hydrogen) atoms. The molecule has 0 fully saturated rings. The van der Waals surface area contributed by atoms with E-state index < -0.39 is 0 Å². The molecule has 0 spiro atoms. The van der Waals surface area contributed by atoms with Crippen LogP contribution < -0.4 is 5.32 Å². The summed E-state index contributed by atoms with van der Waals surface area (Å²) >= 11 is 0. The van der Waals surface area contributed by atoms with Gasteiger partial charge < -0.3 is 5.32 Å². The maximum absolute atomic E-state index is 4.43. The number of rotatable bonds is 3. The van der Waals surface area contributed by atoms with Gasteiger partial charge in [-0.25, -0.2) is 4.68 Å². The number of nitrogens with one attached hydrogen (secondary N) is 1. The van der Waals surface area contributed by atoms with E-state index in [1.54, 1.807) is 0 Å². The van der Waals surface area contributed by atoms with Crippen molar-refractivity contribution in [3.63, 3.8) is 0 Å². The monoisotopic (exact) mass is 229 g/mol. The van der Waals surface area contributed by atoms with E-state index in [4.69, 9.17) is 0 Å². The lowest BCUT2D eigenvalue weighted by molar-refractivity contribution is 0.815. The molecule has 1 aromatic carbocycles. The molecule has 1 aromatic heterocycles. The van der Waals surface area contributed by atoms with Crippen LogP contribution in [0.15, 0.2) is 24.5 Å². The normalized spacial score (nSPS) is 10.8. The van der Waals surface area contributed by atoms with Gasteiger partial charge in [-0.05, 0) is 38.9 Å². The van der Waals surface area contributed by atoms with Gasteiger partial charge in [-0.3, -0.25) is 0 Å². The molecule has 2 rings (SSSR count). The average Bonchev–Trinajstić information content (AvgIpc) is 2.65. The topological polar surface area (TPSA) is 29.9 Å². The van der Waals surface area contributed by atoms with Gasteiger partial charge in [-0.2, -0.15) is 5.10 Å². The fourth-order valence-electron chi connectivity index (χ4n) is 2.31. The third kappa shape index (κ3) is 2.39. The van der Waals surface area contributed by atoms with Crippen LogP contribution in [0.1, 0.15) is 22.3 Å². The lowest BCUT2D eigenvalue weighted by Crippen LogP contribution is -2.04. The van der Waals surface area contributed by atoms with Crippen LogP contribution in [0.3, 0.4) is 0 Å². The predicted molar refractivity (Wildman–Crippen MR) is 70.5 cm³/mol. The summed E-state index contributed by atoms with van der Waals surface area (Å²) in [4.78, 5) is 0. The second kappa shape index (κ2) is 4.72. The van der Waals surface area contributed by atoms with Gasteiger partial charge >= 0.3 is 0 Å². The number of aryl methyl sites for hydroxylation is 3. The van der Waals surface area contributed by atoms with E-state index in [1.807, 2.05) is 17.9 Å². The summed E-state index contributed by atoms with van der Waals surface area (Å²) in [5, 5.41) is 7.57. The average molecular weight is 229 g/mol. The minimum Gasteiger partial charge on any atom is -0.316 e. The summed E-state index contributed by atoms with van der Waals surface area (Å²) < 4.78 is 1.97. The molecule has 0 atom stereocenters. The Balaban J connectivity index is 2.45. The van der Waals surface area contributed by atoms with Crippen LogP contribution in [0, 0.1) is 20.8 Å². The Labute approximate surface area is 102 Å². The lowest BCUT2D eigenvalue weighted by atomic mass is 10.1. The minimum atomic E-state index is 0.851. The van der Waals surface area contributed by atoms with E-state index in [0.717, 1.165) is 6.54 Å². The highest BCUT2D eigenvalue weighted by molar-refractivity contribution is 5.48. The molecular formula is C14H19N3. The molecule has 0 radical (unpaired) electrons. The van der Waals surface area contributed by atoms with Crippen LogP contribution in [0.2, 0.25) is 0 Å². The summed E-state index contributed by atoms with van der Waals surface area (Å²) in [6.07, 6.45) is 4.00. The van der Waals surface area contributed by atoms with Gasteiger partial charge in [-0.15, -0.1) is 0 Å². The van der Waals surface area contributed by atoms with E-state index in [1.165, 1.54) is 27.9 Å². The molecule has 90 valence electrons. The summed E-state index contributed by atoms with van der Waals surface area (Å²) in [7, 11) is 1.94. The second-order valence-corrected chi connectivity index (χ2v) is 4.57. The quantitative estimate of drug-likeness (QED) is 0.876. The Morgan fingerprint density at radius 3 is 2.41 bits per heavy atom. The molecule has 0 aliphatic carbocycles. The first kappa shape index (κ1) is 11.9. The van der Waals surface area contributed by atoms with E-state index in [9.17, 15) is 0 Å². The van der Waals surface area contributed by atoms with Crippen molar-refractivity contribution in [3.05, 3.63) is 46.8 Å². The summed E-state index contributed by atoms with van der Waals surface area (Å²) in [6.45, 7) is 7.24. The zero-order chi connectivity index (χ0) is 12.4. The summed E-state index contributed by atoms with van der Waals surface area (Å²) in [6, 6.07) is 4.39. The van der Waals surface area contributed by atoms with Crippen molar-refractivity contribution in [3.8, 4) is 5.69 Å². The molecule has 0 saturated carbocycles. The van der Waals surface area contributed by atoms with Crippen molar-refractivity contribution in [2.75, 3.05) is 7.05 Å². The largest absolute Gasteiger partial charge is 0.316 e. The highest BCUT2D eigenvalue weighted by Crippen LogP contribution is 2.20. The lowest BCUT2D eigenvalue weighted by Gasteiger charge is -2.11. The first-order chi connectivity index (χ1) is 8.11. The number of hydrogen-bond acceptors (Lipinski definition) is 2. The molecule has 0 amide bonds. The van der Waals surface area contributed by atoms with Crippen molar-refractivity contribution in [2.45, 2.75) is 27.3 Å². The SMILES string of the molecule is CNCc1cnn(-c2c(C)cc(C)cc2C)c1. The zero-order valence-corrected chi connectivity index (χ0v) is 10.9. The van der Waals surface area contributed by atoms with Gasteiger partial charge in [0, 0.05) is 18.3 Å². The first-order valence-corrected chi connectivity index (χ1v) is 5.88. The fraction of sp³-hybridized carbons (Fsp3) is 0.357. The van der Waals surface area contributed by atoms with E-state index >= 15 is 0 Å². The molecule has 0 aliphatic heterocycles. The molecule has 0 aliphatic rings. The minimum absolute atomic E-state index is 0.851. The van der Waals surface area contributed by atoms with Gasteiger partial charge in [0.25, 0.3) is 0 Å². The number of hydrogen-bond donors (Lipinski definition) is 1. The van der Waals surface area contributed by atoms with Gasteiger partial charge in [0.15, 0.2) is 0 Å². The van der Waals surface area contributed by atoms with Crippen LogP contribution in [0.5, 0.6) is 0 Å². The van der Waals surface area contributed by atoms with Gasteiger partial charge in [0.1, 0.15) is 0 Å². The van der Waals surface area contributed by atoms with Crippen LogP contribution in [-0.2, 0) is 6.54 Å². The number of aromatic nitrogens is 2. The Kier molecular flexibility index (Phi) is 3.29. The van der Waals surface area contributed by atoms with E-state index in [0.29, 0.717) is 0 Å². The number of benzene rings is 1. The third-order valence-corrected chi connectivity index (χ3v) is 2.88. The maximum atomic E-state index is 4.43. The van der Waals surface area contributed by atoms with Crippen molar-refractivity contribution in [1.29, 1.82) is 0 Å². The standard InChI is InChI=1S/C14H19N3/c1-10-5-11(2)14(12(3)6-10)17-9-13(7-15-4)8-16-17/h5-6,8-9,15H,7H2,1-4H3. The van der Waals surface area contributed by atoms with Crippen LogP contribution in [-0.4, -0.2) is 16.8 Å². The van der Waals surface area contributed by atoms with Gasteiger partial charge in [-0.1, -0.05) is 17.7 Å². The smallest absolute Gasteiger partial charge is 0.0704 e. The molecule has 1 heterocycles. The van der Waals surface area contributed by atoms with Crippen molar-refractivity contribution < 1.29 is 0 Å². The van der Waals surface area contributed by atoms with Gasteiger partial charge in [0.2, 0.25) is 0 Å². The summed E-state index contributed by atoms with van der Waals surface area (Å²) in [5.41, 5.74) is 6.22. The zero-order valence-electron chi connectivity index (χ0n) is 10.9. The molecular weight excluding hydrogens is 210 g/mol. The highest BCUT2D eigenvalue weighted by atomic mass is 15.3. The Bertz CT molecular complexity index is 503. The molecule has 0 bridgehead atoms.